The molecule has 0 spiro atoms. The van der Waals surface area contributed by atoms with Crippen LogP contribution < -0.4 is 0 Å². The molecule has 11 heavy (non-hydrogen) atoms. The lowest BCUT2D eigenvalue weighted by Gasteiger charge is -2.25. The molecule has 0 aromatic heterocycles. The van der Waals surface area contributed by atoms with Gasteiger partial charge in [-0.25, -0.2) is 0 Å². The molecule has 0 aliphatic heterocycles. The first-order chi connectivity index (χ1) is 4.83. The van der Waals surface area contributed by atoms with Crippen molar-refractivity contribution in [2.75, 3.05) is 0 Å². The topological polar surface area (TPSA) is 90.2 Å². The Morgan fingerprint density at radius 3 is 1.36 bits per heavy atom. The molecule has 0 aliphatic rings. The third-order valence-corrected chi connectivity index (χ3v) is 0.832. The summed E-state index contributed by atoms with van der Waals surface area (Å²) in [4.78, 5) is 0. The van der Waals surface area contributed by atoms with Crippen LogP contribution in [0.4, 0.5) is 0 Å². The molecule has 5 nitrogen and oxygen atoms in total. The SMILES string of the molecule is C=CC(O)(O)OC(O)(O)C=C. The van der Waals surface area contributed by atoms with Crippen molar-refractivity contribution in [3.8, 4) is 0 Å². The minimum absolute atomic E-state index is 0.581. The Labute approximate surface area is 63.5 Å². The summed E-state index contributed by atoms with van der Waals surface area (Å²) in [5, 5.41) is 34.5. The molecule has 0 atom stereocenters. The zero-order valence-corrected chi connectivity index (χ0v) is 5.77. The molecule has 0 radical (unpaired) electrons. The van der Waals surface area contributed by atoms with Crippen LogP contribution in [-0.4, -0.2) is 32.4 Å². The Balaban J connectivity index is 4.23. The average molecular weight is 162 g/mol. The third-order valence-electron chi connectivity index (χ3n) is 0.832. The van der Waals surface area contributed by atoms with Gasteiger partial charge in [0.1, 0.15) is 0 Å². The molecule has 0 aliphatic carbocycles. The first-order valence-corrected chi connectivity index (χ1v) is 2.70. The van der Waals surface area contributed by atoms with E-state index >= 15 is 0 Å². The van der Waals surface area contributed by atoms with E-state index in [9.17, 15) is 0 Å². The van der Waals surface area contributed by atoms with Crippen molar-refractivity contribution in [2.45, 2.75) is 11.9 Å². The van der Waals surface area contributed by atoms with Gasteiger partial charge in [0.05, 0.1) is 0 Å². The molecule has 64 valence electrons. The van der Waals surface area contributed by atoms with Crippen molar-refractivity contribution in [1.82, 2.24) is 0 Å². The lowest BCUT2D eigenvalue weighted by Crippen LogP contribution is -2.42. The second-order valence-electron chi connectivity index (χ2n) is 1.83. The van der Waals surface area contributed by atoms with Gasteiger partial charge in [-0.3, -0.25) is 4.74 Å². The van der Waals surface area contributed by atoms with Crippen molar-refractivity contribution >= 4 is 0 Å². The first kappa shape index (κ1) is 10.3. The van der Waals surface area contributed by atoms with Gasteiger partial charge in [0.25, 0.3) is 0 Å². The van der Waals surface area contributed by atoms with E-state index in [0.717, 1.165) is 0 Å². The second-order valence-corrected chi connectivity index (χ2v) is 1.83. The van der Waals surface area contributed by atoms with Gasteiger partial charge < -0.3 is 20.4 Å². The molecule has 0 heterocycles. The van der Waals surface area contributed by atoms with Crippen LogP contribution in [0.2, 0.25) is 0 Å². The van der Waals surface area contributed by atoms with E-state index in [0.29, 0.717) is 12.2 Å². The van der Waals surface area contributed by atoms with Crippen molar-refractivity contribution in [3.05, 3.63) is 25.3 Å². The predicted octanol–water partition coefficient (Wildman–Crippen LogP) is -1.35. The summed E-state index contributed by atoms with van der Waals surface area (Å²) in [7, 11) is 0. The van der Waals surface area contributed by atoms with Crippen LogP contribution in [0.1, 0.15) is 0 Å². The van der Waals surface area contributed by atoms with Gasteiger partial charge in [-0.1, -0.05) is 13.2 Å². The van der Waals surface area contributed by atoms with Gasteiger partial charge in [-0.15, -0.1) is 0 Å². The molecular weight excluding hydrogens is 152 g/mol. The monoisotopic (exact) mass is 162 g/mol. The van der Waals surface area contributed by atoms with E-state index < -0.39 is 11.9 Å². The maximum atomic E-state index is 8.64. The van der Waals surface area contributed by atoms with Crippen molar-refractivity contribution in [2.24, 2.45) is 0 Å². The van der Waals surface area contributed by atoms with Gasteiger partial charge in [-0.2, -0.15) is 0 Å². The molecule has 0 aromatic rings. The molecule has 0 fully saturated rings. The number of hydrogen-bond acceptors (Lipinski definition) is 5. The van der Waals surface area contributed by atoms with Gasteiger partial charge >= 0.3 is 11.9 Å². The molecule has 0 saturated heterocycles. The zero-order valence-electron chi connectivity index (χ0n) is 5.77. The van der Waals surface area contributed by atoms with E-state index in [1.165, 1.54) is 0 Å². The standard InChI is InChI=1S/C6H10O5/c1-3-5(7,8)11-6(9,10)4-2/h3-4,7-10H,1-2H2. The van der Waals surface area contributed by atoms with Crippen LogP contribution in [-0.2, 0) is 4.74 Å². The third kappa shape index (κ3) is 3.87. The van der Waals surface area contributed by atoms with Crippen LogP contribution in [0.25, 0.3) is 0 Å². The molecule has 0 amide bonds. The van der Waals surface area contributed by atoms with E-state index in [2.05, 4.69) is 17.9 Å². The smallest absolute Gasteiger partial charge is 0.303 e. The van der Waals surface area contributed by atoms with Crippen LogP contribution in [0.5, 0.6) is 0 Å². The first-order valence-electron chi connectivity index (χ1n) is 2.70. The van der Waals surface area contributed by atoms with Gasteiger partial charge in [0.15, 0.2) is 0 Å². The van der Waals surface area contributed by atoms with E-state index in [1.54, 1.807) is 0 Å². The summed E-state index contributed by atoms with van der Waals surface area (Å²) < 4.78 is 3.91. The Kier molecular flexibility index (Phi) is 2.92. The lowest BCUT2D eigenvalue weighted by molar-refractivity contribution is -0.433. The van der Waals surface area contributed by atoms with Crippen LogP contribution in [0.15, 0.2) is 25.3 Å². The fraction of sp³-hybridized carbons (Fsp3) is 0.333. The largest absolute Gasteiger partial charge is 0.340 e. The number of hydrogen-bond donors (Lipinski definition) is 4. The summed E-state index contributed by atoms with van der Waals surface area (Å²) in [6, 6.07) is 0. The highest BCUT2D eigenvalue weighted by Gasteiger charge is 2.32. The maximum absolute atomic E-state index is 8.64. The predicted molar refractivity (Wildman–Crippen MR) is 35.8 cm³/mol. The lowest BCUT2D eigenvalue weighted by atomic mass is 10.5. The summed E-state index contributed by atoms with van der Waals surface area (Å²) >= 11 is 0. The normalized spacial score (nSPS) is 12.7. The number of ether oxygens (including phenoxy) is 1. The minimum atomic E-state index is -2.78. The van der Waals surface area contributed by atoms with E-state index in [1.807, 2.05) is 0 Å². The van der Waals surface area contributed by atoms with Crippen LogP contribution >= 0.6 is 0 Å². The molecule has 0 rings (SSSR count). The summed E-state index contributed by atoms with van der Waals surface area (Å²) in [6.45, 7) is 5.94. The van der Waals surface area contributed by atoms with Crippen molar-refractivity contribution in [1.29, 1.82) is 0 Å². The highest BCUT2D eigenvalue weighted by molar-refractivity contribution is 4.84. The van der Waals surface area contributed by atoms with Crippen LogP contribution in [0.3, 0.4) is 0 Å². The number of rotatable bonds is 4. The highest BCUT2D eigenvalue weighted by atomic mass is 16.9. The van der Waals surface area contributed by atoms with Gasteiger partial charge in [0.2, 0.25) is 0 Å². The van der Waals surface area contributed by atoms with Gasteiger partial charge in [-0.05, 0) is 12.2 Å². The molecule has 0 unspecified atom stereocenters. The fourth-order valence-electron chi connectivity index (χ4n) is 0.304. The molecule has 0 aromatic carbocycles. The Morgan fingerprint density at radius 1 is 0.909 bits per heavy atom. The molecular formula is C6H10O5. The summed E-state index contributed by atoms with van der Waals surface area (Å²) in [5.41, 5.74) is 0. The summed E-state index contributed by atoms with van der Waals surface area (Å²) in [5.74, 6) is -5.56. The Bertz CT molecular complexity index is 142. The van der Waals surface area contributed by atoms with Crippen molar-refractivity contribution in [3.63, 3.8) is 0 Å². The van der Waals surface area contributed by atoms with E-state index in [-0.39, 0.29) is 0 Å². The molecule has 4 N–H and O–H groups in total. The second kappa shape index (κ2) is 3.12. The number of aliphatic hydroxyl groups is 4. The Morgan fingerprint density at radius 2 is 1.18 bits per heavy atom. The molecule has 0 saturated carbocycles. The summed E-state index contributed by atoms with van der Waals surface area (Å²) in [6.07, 6.45) is 1.16. The average Bonchev–Trinajstić information content (AvgIpc) is 1.86. The van der Waals surface area contributed by atoms with Crippen molar-refractivity contribution < 1.29 is 25.2 Å². The maximum Gasteiger partial charge on any atom is 0.303 e. The molecule has 0 bridgehead atoms. The fourth-order valence-corrected chi connectivity index (χ4v) is 0.304. The Hall–Kier alpha value is -0.720. The van der Waals surface area contributed by atoms with Crippen LogP contribution in [0, 0.1) is 0 Å². The molecule has 5 heteroatoms. The highest BCUT2D eigenvalue weighted by Crippen LogP contribution is 2.13. The zero-order chi connectivity index (χ0) is 9.12. The quantitative estimate of drug-likeness (QED) is 0.303. The minimum Gasteiger partial charge on any atom is -0.340 e. The van der Waals surface area contributed by atoms with E-state index in [4.69, 9.17) is 20.4 Å². The van der Waals surface area contributed by atoms with Gasteiger partial charge in [0, 0.05) is 0 Å².